The molecule has 6 rings (SSSR count). The molecule has 1 aliphatic carbocycles. The molecule has 4 aliphatic rings. The molecule has 6 nitrogen and oxygen atoms in total. The minimum Gasteiger partial charge on any atom is -0.380 e. The van der Waals surface area contributed by atoms with Crippen LogP contribution in [0.5, 0.6) is 0 Å². The maximum absolute atomic E-state index is 13.2. The number of amides is 1. The van der Waals surface area contributed by atoms with Crippen LogP contribution in [0.4, 0.5) is 13.2 Å². The van der Waals surface area contributed by atoms with Gasteiger partial charge in [-0.05, 0) is 60.6 Å². The van der Waals surface area contributed by atoms with E-state index in [4.69, 9.17) is 4.74 Å². The Kier molecular flexibility index (Phi) is 7.41. The minimum absolute atomic E-state index is 0.00905. The first kappa shape index (κ1) is 26.1. The maximum Gasteiger partial charge on any atom is 0.416 e. The smallest absolute Gasteiger partial charge is 0.380 e. The summed E-state index contributed by atoms with van der Waals surface area (Å²) >= 11 is 1.93. The Labute approximate surface area is 225 Å². The van der Waals surface area contributed by atoms with Gasteiger partial charge in [0.05, 0.1) is 30.5 Å². The van der Waals surface area contributed by atoms with E-state index in [0.717, 1.165) is 57.2 Å². The predicted octanol–water partition coefficient (Wildman–Crippen LogP) is 3.84. The van der Waals surface area contributed by atoms with Gasteiger partial charge in [-0.25, -0.2) is 0 Å². The zero-order valence-corrected chi connectivity index (χ0v) is 22.1. The largest absolute Gasteiger partial charge is 0.416 e. The molecule has 204 valence electrons. The average Bonchev–Trinajstić information content (AvgIpc) is 3.64. The second-order valence-corrected chi connectivity index (χ2v) is 12.3. The highest BCUT2D eigenvalue weighted by atomic mass is 32.2. The molecule has 0 radical (unpaired) electrons. The molecule has 2 aromatic rings. The number of hydrogen-bond donors (Lipinski definition) is 1. The summed E-state index contributed by atoms with van der Waals surface area (Å²) in [5.41, 5.74) is 3.46. The lowest BCUT2D eigenvalue weighted by molar-refractivity contribution is -0.137. The molecule has 2 fully saturated rings. The van der Waals surface area contributed by atoms with E-state index in [2.05, 4.69) is 21.3 Å². The molecule has 0 spiro atoms. The highest BCUT2D eigenvalue weighted by molar-refractivity contribution is 8.00. The van der Waals surface area contributed by atoms with Gasteiger partial charge in [-0.2, -0.15) is 13.2 Å². The summed E-state index contributed by atoms with van der Waals surface area (Å²) in [7, 11) is 0. The Bertz CT molecular complexity index is 1170. The van der Waals surface area contributed by atoms with Crippen molar-refractivity contribution in [3.05, 3.63) is 64.5 Å². The van der Waals surface area contributed by atoms with Crippen LogP contribution in [-0.2, 0) is 35.1 Å². The number of hydrogen-bond acceptors (Lipinski definition) is 6. The van der Waals surface area contributed by atoms with Gasteiger partial charge in [-0.3, -0.25) is 19.6 Å². The SMILES string of the molecule is O=C(CN1CCc2ccc(C(F)(F)F)cc2C1)NC1CN(C2CCOC2)C[C@@H]1SC1CCc2cccnc21. The van der Waals surface area contributed by atoms with Crippen LogP contribution in [-0.4, -0.2) is 77.4 Å². The molecular formula is C28H33F3N4O2S. The number of aryl methyl sites for hydroxylation is 1. The summed E-state index contributed by atoms with van der Waals surface area (Å²) in [4.78, 5) is 22.3. The van der Waals surface area contributed by atoms with E-state index in [1.807, 2.05) is 28.9 Å². The Morgan fingerprint density at radius 2 is 2.03 bits per heavy atom. The molecule has 0 saturated carbocycles. The molecule has 4 atom stereocenters. The molecule has 38 heavy (non-hydrogen) atoms. The molecule has 3 aliphatic heterocycles. The van der Waals surface area contributed by atoms with E-state index in [0.29, 0.717) is 36.4 Å². The van der Waals surface area contributed by atoms with Crippen LogP contribution >= 0.6 is 11.8 Å². The third kappa shape index (κ3) is 5.59. The van der Waals surface area contributed by atoms with Gasteiger partial charge in [-0.15, -0.1) is 11.8 Å². The molecule has 1 amide bonds. The first-order valence-electron chi connectivity index (χ1n) is 13.5. The van der Waals surface area contributed by atoms with Crippen LogP contribution in [0.1, 0.15) is 46.0 Å². The van der Waals surface area contributed by atoms with Crippen molar-refractivity contribution in [3.63, 3.8) is 0 Å². The fraction of sp³-hybridized carbons (Fsp3) is 0.571. The molecular weight excluding hydrogens is 513 g/mol. The van der Waals surface area contributed by atoms with Crippen molar-refractivity contribution in [2.75, 3.05) is 39.4 Å². The number of carbonyl (C=O) groups is 1. The van der Waals surface area contributed by atoms with E-state index in [1.54, 1.807) is 6.07 Å². The van der Waals surface area contributed by atoms with Gasteiger partial charge in [0.25, 0.3) is 0 Å². The number of alkyl halides is 3. The van der Waals surface area contributed by atoms with Crippen LogP contribution in [0.15, 0.2) is 36.5 Å². The van der Waals surface area contributed by atoms with Crippen molar-refractivity contribution in [1.29, 1.82) is 0 Å². The fourth-order valence-electron chi connectivity index (χ4n) is 6.29. The zero-order chi connectivity index (χ0) is 26.3. The summed E-state index contributed by atoms with van der Waals surface area (Å²) < 4.78 is 45.3. The summed E-state index contributed by atoms with van der Waals surface area (Å²) in [5.74, 6) is -0.0644. The highest BCUT2D eigenvalue weighted by Crippen LogP contribution is 2.44. The molecule has 3 unspecified atom stereocenters. The van der Waals surface area contributed by atoms with Gasteiger partial charge >= 0.3 is 6.18 Å². The van der Waals surface area contributed by atoms with Crippen molar-refractivity contribution < 1.29 is 22.7 Å². The molecule has 10 heteroatoms. The monoisotopic (exact) mass is 546 g/mol. The average molecular weight is 547 g/mol. The van der Waals surface area contributed by atoms with E-state index in [-0.39, 0.29) is 23.7 Å². The number of carbonyl (C=O) groups excluding carboxylic acids is 1. The lowest BCUT2D eigenvalue weighted by Gasteiger charge is -2.30. The standard InChI is InChI=1S/C28H33F3N4O2S/c29-28(30,31)21-5-3-18-7-10-34(13-20(18)12-21)16-26(36)33-23-14-35(22-8-11-37-17-22)15-25(23)38-24-6-4-19-2-1-9-32-27(19)24/h1-3,5,9,12,22-25H,4,6-8,10-11,13-17H2,(H,33,36)/t22?,23?,24?,25-/m0/s1. The van der Waals surface area contributed by atoms with Gasteiger partial charge in [-0.1, -0.05) is 12.1 Å². The van der Waals surface area contributed by atoms with Crippen molar-refractivity contribution in [2.24, 2.45) is 0 Å². The van der Waals surface area contributed by atoms with Crippen molar-refractivity contribution in [1.82, 2.24) is 20.1 Å². The normalized spacial score (nSPS) is 27.9. The van der Waals surface area contributed by atoms with Crippen LogP contribution in [0.3, 0.4) is 0 Å². The first-order chi connectivity index (χ1) is 18.3. The maximum atomic E-state index is 13.2. The number of aromatic nitrogens is 1. The summed E-state index contributed by atoms with van der Waals surface area (Å²) in [6.07, 6.45) is 1.26. The van der Waals surface area contributed by atoms with Gasteiger partial charge in [0.15, 0.2) is 0 Å². The topological polar surface area (TPSA) is 57.7 Å². The zero-order valence-electron chi connectivity index (χ0n) is 21.3. The van der Waals surface area contributed by atoms with Crippen molar-refractivity contribution in [2.45, 2.75) is 61.0 Å². The highest BCUT2D eigenvalue weighted by Gasteiger charge is 2.41. The number of nitrogens with one attached hydrogen (secondary N) is 1. The number of halogens is 3. The number of thioether (sulfide) groups is 1. The van der Waals surface area contributed by atoms with Crippen LogP contribution in [0, 0.1) is 0 Å². The minimum atomic E-state index is -4.37. The summed E-state index contributed by atoms with van der Waals surface area (Å²) in [6.45, 7) is 4.40. The number of pyridine rings is 1. The van der Waals surface area contributed by atoms with E-state index < -0.39 is 11.7 Å². The molecule has 0 bridgehead atoms. The number of nitrogens with zero attached hydrogens (tertiary/aromatic N) is 3. The predicted molar refractivity (Wildman–Crippen MR) is 140 cm³/mol. The van der Waals surface area contributed by atoms with Crippen molar-refractivity contribution >= 4 is 17.7 Å². The van der Waals surface area contributed by atoms with Gasteiger partial charge < -0.3 is 10.1 Å². The number of fused-ring (bicyclic) bond motifs is 2. The Balaban J connectivity index is 1.11. The van der Waals surface area contributed by atoms with Gasteiger partial charge in [0, 0.05) is 55.5 Å². The molecule has 1 aromatic carbocycles. The third-order valence-electron chi connectivity index (χ3n) is 8.30. The van der Waals surface area contributed by atoms with Crippen LogP contribution in [0.25, 0.3) is 0 Å². The fourth-order valence-corrected chi connectivity index (χ4v) is 7.93. The van der Waals surface area contributed by atoms with E-state index >= 15 is 0 Å². The summed E-state index contributed by atoms with van der Waals surface area (Å²) in [6, 6.07) is 8.51. The lowest BCUT2D eigenvalue weighted by Crippen LogP contribution is -2.47. The van der Waals surface area contributed by atoms with E-state index in [9.17, 15) is 18.0 Å². The third-order valence-corrected chi connectivity index (χ3v) is 9.92. The van der Waals surface area contributed by atoms with Gasteiger partial charge in [0.1, 0.15) is 0 Å². The van der Waals surface area contributed by atoms with Crippen LogP contribution in [0.2, 0.25) is 0 Å². The molecule has 2 saturated heterocycles. The van der Waals surface area contributed by atoms with Gasteiger partial charge in [0.2, 0.25) is 5.91 Å². The molecule has 1 N–H and O–H groups in total. The number of rotatable bonds is 6. The number of benzene rings is 1. The first-order valence-corrected chi connectivity index (χ1v) is 14.4. The Morgan fingerprint density at radius 1 is 1.13 bits per heavy atom. The second kappa shape index (κ2) is 10.8. The number of likely N-dealkylation sites (tertiary alicyclic amines) is 1. The van der Waals surface area contributed by atoms with Crippen LogP contribution < -0.4 is 5.32 Å². The molecule has 1 aromatic heterocycles. The Morgan fingerprint density at radius 3 is 2.84 bits per heavy atom. The number of ether oxygens (including phenoxy) is 1. The Hall–Kier alpha value is -2.14. The molecule has 4 heterocycles. The lowest BCUT2D eigenvalue weighted by atomic mass is 9.97. The van der Waals surface area contributed by atoms with Crippen molar-refractivity contribution in [3.8, 4) is 0 Å². The summed E-state index contributed by atoms with van der Waals surface area (Å²) in [5, 5.41) is 3.88. The van der Waals surface area contributed by atoms with E-state index in [1.165, 1.54) is 17.3 Å². The second-order valence-electron chi connectivity index (χ2n) is 10.8. The quantitative estimate of drug-likeness (QED) is 0.595.